The molecular weight excluding hydrogens is 520 g/mol. The molecule has 5 rings (SSSR count). The summed E-state index contributed by atoms with van der Waals surface area (Å²) in [5.41, 5.74) is 4.85. The van der Waals surface area contributed by atoms with Gasteiger partial charge in [0, 0.05) is 17.2 Å². The summed E-state index contributed by atoms with van der Waals surface area (Å²) in [7, 11) is 1.91. The maximum atomic E-state index is 12.5. The number of rotatable bonds is 6. The number of benzene rings is 1. The van der Waals surface area contributed by atoms with Crippen LogP contribution in [0.5, 0.6) is 5.88 Å². The van der Waals surface area contributed by atoms with Crippen molar-refractivity contribution in [1.29, 1.82) is 0 Å². The molecule has 0 bridgehead atoms. The smallest absolute Gasteiger partial charge is 0.309 e. The summed E-state index contributed by atoms with van der Waals surface area (Å²) in [6.45, 7) is 7.83. The van der Waals surface area contributed by atoms with Gasteiger partial charge in [0.2, 0.25) is 0 Å². The van der Waals surface area contributed by atoms with Crippen LogP contribution in [0.15, 0.2) is 28.7 Å². The molecule has 1 aromatic carbocycles. The van der Waals surface area contributed by atoms with Crippen LogP contribution in [0.4, 0.5) is 11.5 Å². The molecule has 2 saturated carbocycles. The topological polar surface area (TPSA) is 78.3 Å². The first kappa shape index (κ1) is 25.1. The minimum Gasteiger partial charge on any atom is -0.472 e. The number of nitrogens with one attached hydrogen (secondary N) is 1. The highest BCUT2D eigenvalue weighted by Gasteiger charge is 2.31. The highest BCUT2D eigenvalue weighted by atomic mass is 79.9. The molecule has 192 valence electrons. The molecule has 0 saturated heterocycles. The Kier molecular flexibility index (Phi) is 6.74. The Balaban J connectivity index is 1.31. The largest absolute Gasteiger partial charge is 0.472 e. The fourth-order valence-electron chi connectivity index (χ4n) is 4.89. The Hall–Kier alpha value is -2.61. The number of pyridine rings is 1. The van der Waals surface area contributed by atoms with Crippen LogP contribution in [-0.4, -0.2) is 32.4 Å². The van der Waals surface area contributed by atoms with Gasteiger partial charge in [0.25, 0.3) is 5.88 Å². The van der Waals surface area contributed by atoms with E-state index in [0.29, 0.717) is 11.8 Å². The molecule has 2 aromatic heterocycles. The lowest BCUT2D eigenvalue weighted by atomic mass is 9.87. The molecule has 2 fully saturated rings. The van der Waals surface area contributed by atoms with Crippen molar-refractivity contribution >= 4 is 44.4 Å². The molecule has 0 unspecified atom stereocenters. The number of fused-ring (bicyclic) bond motifs is 1. The standard InChI is InChI=1S/C28H35BrN4O3/c1-16-14-22(20(15-21(16)29)17-6-7-17)30-24-13-12-23-25(31-24)26(32-33(23)5)35-19-10-8-18(9-11-19)27(34)36-28(2,3)4/h12-15,17-19H,6-11H2,1-5H3,(H,30,31)/t18-,19+. The number of ether oxygens (including phenoxy) is 2. The van der Waals surface area contributed by atoms with Crippen molar-refractivity contribution < 1.29 is 14.3 Å². The van der Waals surface area contributed by atoms with Crippen molar-refractivity contribution in [2.24, 2.45) is 13.0 Å². The average molecular weight is 556 g/mol. The molecule has 0 radical (unpaired) electrons. The van der Waals surface area contributed by atoms with Gasteiger partial charge in [0.1, 0.15) is 17.5 Å². The molecule has 2 heterocycles. The van der Waals surface area contributed by atoms with E-state index in [1.54, 1.807) is 0 Å². The number of aromatic nitrogens is 3. The average Bonchev–Trinajstić information content (AvgIpc) is 3.61. The Morgan fingerprint density at radius 1 is 1.11 bits per heavy atom. The van der Waals surface area contributed by atoms with E-state index >= 15 is 0 Å². The van der Waals surface area contributed by atoms with Crippen LogP contribution in [0.3, 0.4) is 0 Å². The summed E-state index contributed by atoms with van der Waals surface area (Å²) in [6, 6.07) is 8.45. The first-order valence-electron chi connectivity index (χ1n) is 12.9. The Morgan fingerprint density at radius 3 is 2.50 bits per heavy atom. The van der Waals surface area contributed by atoms with Gasteiger partial charge in [0.15, 0.2) is 5.52 Å². The summed E-state index contributed by atoms with van der Waals surface area (Å²) in [5.74, 6) is 1.77. The van der Waals surface area contributed by atoms with Gasteiger partial charge in [-0.1, -0.05) is 15.9 Å². The highest BCUT2D eigenvalue weighted by Crippen LogP contribution is 2.45. The number of anilines is 2. The fourth-order valence-corrected chi connectivity index (χ4v) is 5.25. The molecule has 3 aromatic rings. The number of nitrogens with zero attached hydrogens (tertiary/aromatic N) is 3. The molecular formula is C28H35BrN4O3. The molecule has 1 N–H and O–H groups in total. The Morgan fingerprint density at radius 2 is 1.83 bits per heavy atom. The predicted molar refractivity (Wildman–Crippen MR) is 145 cm³/mol. The molecule has 0 atom stereocenters. The third-order valence-corrected chi connectivity index (χ3v) is 7.82. The molecule has 36 heavy (non-hydrogen) atoms. The van der Waals surface area contributed by atoms with Crippen LogP contribution in [0.1, 0.15) is 76.3 Å². The second-order valence-electron chi connectivity index (χ2n) is 11.2. The molecule has 0 aliphatic heterocycles. The van der Waals surface area contributed by atoms with Gasteiger partial charge in [-0.2, -0.15) is 0 Å². The van der Waals surface area contributed by atoms with Crippen LogP contribution in [0, 0.1) is 12.8 Å². The molecule has 2 aliphatic carbocycles. The first-order valence-corrected chi connectivity index (χ1v) is 13.7. The second kappa shape index (κ2) is 9.69. The Labute approximate surface area is 221 Å². The van der Waals surface area contributed by atoms with Gasteiger partial charge in [-0.05, 0) is 108 Å². The van der Waals surface area contributed by atoms with Gasteiger partial charge in [0.05, 0.1) is 11.4 Å². The third kappa shape index (κ3) is 5.53. The zero-order valence-corrected chi connectivity index (χ0v) is 23.3. The quantitative estimate of drug-likeness (QED) is 0.332. The van der Waals surface area contributed by atoms with Gasteiger partial charge in [-0.3, -0.25) is 9.48 Å². The van der Waals surface area contributed by atoms with E-state index in [2.05, 4.69) is 45.4 Å². The van der Waals surface area contributed by atoms with Crippen LogP contribution in [-0.2, 0) is 16.6 Å². The minimum absolute atomic E-state index is 0.00999. The molecule has 2 aliphatic rings. The second-order valence-corrected chi connectivity index (χ2v) is 12.1. The Bertz CT molecular complexity index is 1280. The van der Waals surface area contributed by atoms with Gasteiger partial charge < -0.3 is 14.8 Å². The van der Waals surface area contributed by atoms with Crippen LogP contribution >= 0.6 is 15.9 Å². The number of carbonyl (C=O) groups excluding carboxylic acids is 1. The van der Waals surface area contributed by atoms with Crippen LogP contribution < -0.4 is 10.1 Å². The van der Waals surface area contributed by atoms with E-state index in [1.807, 2.05) is 44.6 Å². The SMILES string of the molecule is Cc1cc(Nc2ccc3c(n2)c(O[C@H]2CC[C@@H](C(=O)OC(C)(C)C)CC2)nn3C)c(C2CC2)cc1Br. The maximum absolute atomic E-state index is 12.5. The zero-order valence-electron chi connectivity index (χ0n) is 21.7. The van der Waals surface area contributed by atoms with E-state index in [1.165, 1.54) is 24.0 Å². The number of halogens is 1. The van der Waals surface area contributed by atoms with Gasteiger partial charge >= 0.3 is 5.97 Å². The molecule has 0 spiro atoms. The van der Waals surface area contributed by atoms with Gasteiger partial charge in [-0.25, -0.2) is 4.98 Å². The lowest BCUT2D eigenvalue weighted by Crippen LogP contribution is -2.33. The predicted octanol–water partition coefficient (Wildman–Crippen LogP) is 6.94. The number of esters is 1. The summed E-state index contributed by atoms with van der Waals surface area (Å²) in [6.07, 6.45) is 5.58. The highest BCUT2D eigenvalue weighted by molar-refractivity contribution is 9.10. The maximum Gasteiger partial charge on any atom is 0.309 e. The van der Waals surface area contributed by atoms with Gasteiger partial charge in [-0.15, -0.1) is 5.10 Å². The van der Waals surface area contributed by atoms with E-state index in [9.17, 15) is 4.79 Å². The lowest BCUT2D eigenvalue weighted by molar-refractivity contribution is -0.161. The molecule has 8 heteroatoms. The monoisotopic (exact) mass is 554 g/mol. The van der Waals surface area contributed by atoms with Crippen molar-refractivity contribution in [2.75, 3.05) is 5.32 Å². The van der Waals surface area contributed by atoms with E-state index in [-0.39, 0.29) is 18.0 Å². The number of hydrogen-bond donors (Lipinski definition) is 1. The number of carbonyl (C=O) groups is 1. The van der Waals surface area contributed by atoms with Crippen molar-refractivity contribution in [3.8, 4) is 5.88 Å². The molecule has 7 nitrogen and oxygen atoms in total. The third-order valence-electron chi connectivity index (χ3n) is 6.97. The van der Waals surface area contributed by atoms with E-state index in [4.69, 9.17) is 14.5 Å². The molecule has 0 amide bonds. The fraction of sp³-hybridized carbons (Fsp3) is 0.536. The summed E-state index contributed by atoms with van der Waals surface area (Å²) in [4.78, 5) is 17.4. The zero-order chi connectivity index (χ0) is 25.6. The summed E-state index contributed by atoms with van der Waals surface area (Å²) >= 11 is 3.68. The van der Waals surface area contributed by atoms with Crippen molar-refractivity contribution in [2.45, 2.75) is 83.8 Å². The van der Waals surface area contributed by atoms with Crippen LogP contribution in [0.2, 0.25) is 0 Å². The van der Waals surface area contributed by atoms with E-state index < -0.39 is 5.60 Å². The summed E-state index contributed by atoms with van der Waals surface area (Å²) in [5, 5.41) is 8.18. The van der Waals surface area contributed by atoms with Crippen molar-refractivity contribution in [3.63, 3.8) is 0 Å². The lowest BCUT2D eigenvalue weighted by Gasteiger charge is -2.29. The van der Waals surface area contributed by atoms with E-state index in [0.717, 1.165) is 52.7 Å². The first-order chi connectivity index (χ1) is 17.1. The number of aryl methyl sites for hydroxylation is 2. The van der Waals surface area contributed by atoms with Crippen molar-refractivity contribution in [3.05, 3.63) is 39.9 Å². The minimum atomic E-state index is -0.455. The van der Waals surface area contributed by atoms with Crippen molar-refractivity contribution in [1.82, 2.24) is 14.8 Å². The normalized spacial score (nSPS) is 20.4. The van der Waals surface area contributed by atoms with Crippen LogP contribution in [0.25, 0.3) is 11.0 Å². The summed E-state index contributed by atoms with van der Waals surface area (Å²) < 4.78 is 14.9. The number of hydrogen-bond acceptors (Lipinski definition) is 6.